The van der Waals surface area contributed by atoms with E-state index in [-0.39, 0.29) is 11.6 Å². The Balaban J connectivity index is 1.80. The molecular formula is C21H10O2. The van der Waals surface area contributed by atoms with Crippen molar-refractivity contribution in [2.45, 2.75) is 0 Å². The van der Waals surface area contributed by atoms with Crippen molar-refractivity contribution in [1.29, 1.82) is 0 Å². The molecule has 2 aromatic carbocycles. The summed E-state index contributed by atoms with van der Waals surface area (Å²) in [5.74, 6) is 5.76. The van der Waals surface area contributed by atoms with Crippen LogP contribution in [0.1, 0.15) is 37.4 Å². The van der Waals surface area contributed by atoms with Gasteiger partial charge in [0.1, 0.15) is 0 Å². The van der Waals surface area contributed by atoms with Crippen molar-refractivity contribution in [1.82, 2.24) is 0 Å². The third kappa shape index (κ3) is 2.17. The van der Waals surface area contributed by atoms with E-state index in [0.29, 0.717) is 27.8 Å². The van der Waals surface area contributed by atoms with Crippen LogP contribution in [0.25, 0.3) is 0 Å². The number of carbonyl (C=O) groups is 2. The summed E-state index contributed by atoms with van der Waals surface area (Å²) in [7, 11) is 0. The predicted octanol–water partition coefficient (Wildman–Crippen LogP) is 3.46. The highest BCUT2D eigenvalue weighted by molar-refractivity contribution is 6.28. The van der Waals surface area contributed by atoms with E-state index in [4.69, 9.17) is 0 Å². The van der Waals surface area contributed by atoms with E-state index in [0.717, 1.165) is 5.57 Å². The smallest absolute Gasteiger partial charge is 0.194 e. The number of ketones is 2. The third-order valence-electron chi connectivity index (χ3n) is 3.86. The number of hydrogen-bond acceptors (Lipinski definition) is 2. The molecule has 4 rings (SSSR count). The predicted molar refractivity (Wildman–Crippen MR) is 87.4 cm³/mol. The maximum absolute atomic E-state index is 12.6. The highest BCUT2D eigenvalue weighted by atomic mass is 16.1. The van der Waals surface area contributed by atoms with Gasteiger partial charge in [-0.25, -0.2) is 0 Å². The molecule has 0 N–H and O–H groups in total. The Morgan fingerprint density at radius 2 is 1.48 bits per heavy atom. The second-order valence-corrected chi connectivity index (χ2v) is 5.30. The quantitative estimate of drug-likeness (QED) is 0.470. The lowest BCUT2D eigenvalue weighted by atomic mass is 9.83. The summed E-state index contributed by atoms with van der Waals surface area (Å²) in [5.41, 5.74) is 6.30. The molecule has 2 nitrogen and oxygen atoms in total. The van der Waals surface area contributed by atoms with Crippen molar-refractivity contribution >= 4 is 11.6 Å². The Morgan fingerprint density at radius 3 is 2.17 bits per heavy atom. The first-order chi connectivity index (χ1) is 11.2. The van der Waals surface area contributed by atoms with E-state index >= 15 is 0 Å². The van der Waals surface area contributed by atoms with Crippen LogP contribution in [0.3, 0.4) is 0 Å². The number of allylic oxidation sites excluding steroid dienone is 3. The minimum atomic E-state index is -0.126. The summed E-state index contributed by atoms with van der Waals surface area (Å²) in [6.07, 6.45) is 5.54. The Kier molecular flexibility index (Phi) is 2.95. The lowest BCUT2D eigenvalue weighted by molar-refractivity contribution is 0.0979. The van der Waals surface area contributed by atoms with Crippen LogP contribution in [0.4, 0.5) is 0 Å². The first kappa shape index (κ1) is 13.3. The van der Waals surface area contributed by atoms with Gasteiger partial charge in [-0.15, -0.1) is 5.73 Å². The van der Waals surface area contributed by atoms with E-state index in [2.05, 4.69) is 17.6 Å². The van der Waals surface area contributed by atoms with E-state index < -0.39 is 0 Å². The summed E-state index contributed by atoms with van der Waals surface area (Å²) in [6.45, 7) is 0. The monoisotopic (exact) mass is 294 g/mol. The number of fused-ring (bicyclic) bond motifs is 2. The fraction of sp³-hybridized carbons (Fsp3) is 0. The highest BCUT2D eigenvalue weighted by Gasteiger charge is 2.29. The lowest BCUT2D eigenvalue weighted by Gasteiger charge is -2.17. The van der Waals surface area contributed by atoms with Crippen molar-refractivity contribution in [2.75, 3.05) is 0 Å². The molecule has 2 aliphatic carbocycles. The molecule has 2 heteroatoms. The molecule has 23 heavy (non-hydrogen) atoms. The van der Waals surface area contributed by atoms with Crippen LogP contribution in [0.5, 0.6) is 0 Å². The molecule has 106 valence electrons. The number of rotatable bonds is 0. The average Bonchev–Trinajstić information content (AvgIpc) is 3.11. The normalized spacial score (nSPS) is 14.0. The van der Waals surface area contributed by atoms with Crippen molar-refractivity contribution in [3.05, 3.63) is 99.8 Å². The Hall–Kier alpha value is -3.40. The molecule has 2 aliphatic rings. The van der Waals surface area contributed by atoms with Gasteiger partial charge in [0.25, 0.3) is 0 Å². The molecule has 0 unspecified atom stereocenters. The van der Waals surface area contributed by atoms with Crippen molar-refractivity contribution in [2.24, 2.45) is 0 Å². The maximum atomic E-state index is 12.6. The topological polar surface area (TPSA) is 34.1 Å². The molecule has 0 saturated carbocycles. The van der Waals surface area contributed by atoms with Gasteiger partial charge < -0.3 is 0 Å². The summed E-state index contributed by atoms with van der Waals surface area (Å²) in [5, 5.41) is 0. The molecule has 0 fully saturated rings. The largest absolute Gasteiger partial charge is 0.289 e. The summed E-state index contributed by atoms with van der Waals surface area (Å²) < 4.78 is 0. The molecule has 0 aromatic heterocycles. The number of hydrogen-bond donors (Lipinski definition) is 0. The van der Waals surface area contributed by atoms with Gasteiger partial charge in [-0.3, -0.25) is 9.59 Å². The van der Waals surface area contributed by atoms with Gasteiger partial charge in [0.2, 0.25) is 0 Å². The van der Waals surface area contributed by atoms with Gasteiger partial charge in [-0.05, 0) is 30.4 Å². The Bertz CT molecular complexity index is 1030. The second-order valence-electron chi connectivity index (χ2n) is 5.30. The van der Waals surface area contributed by atoms with Crippen molar-refractivity contribution in [3.8, 4) is 11.8 Å². The molecular weight excluding hydrogens is 284 g/mol. The fourth-order valence-electron chi connectivity index (χ4n) is 2.72. The van der Waals surface area contributed by atoms with E-state index in [9.17, 15) is 9.59 Å². The molecule has 0 amide bonds. The lowest BCUT2D eigenvalue weighted by Crippen LogP contribution is -2.20. The molecule has 0 bridgehead atoms. The third-order valence-corrected chi connectivity index (χ3v) is 3.86. The van der Waals surface area contributed by atoms with E-state index in [1.54, 1.807) is 48.5 Å². The SMILES string of the molecule is O=C1c2ccccc2C(=O)c2cc(C#CC3=C=CC=C3)ccc21. The van der Waals surface area contributed by atoms with E-state index in [1.807, 2.05) is 12.2 Å². The Morgan fingerprint density at radius 1 is 0.783 bits per heavy atom. The molecule has 0 radical (unpaired) electrons. The van der Waals surface area contributed by atoms with Crippen LogP contribution in [-0.2, 0) is 0 Å². The van der Waals surface area contributed by atoms with E-state index in [1.165, 1.54) is 0 Å². The minimum Gasteiger partial charge on any atom is -0.289 e. The van der Waals surface area contributed by atoms with Crippen LogP contribution in [0.15, 0.2) is 72.0 Å². The molecule has 0 saturated heterocycles. The van der Waals surface area contributed by atoms with Gasteiger partial charge in [0.05, 0.1) is 5.57 Å². The van der Waals surface area contributed by atoms with Crippen LogP contribution in [-0.4, -0.2) is 11.6 Å². The van der Waals surface area contributed by atoms with Crippen LogP contribution >= 0.6 is 0 Å². The average molecular weight is 294 g/mol. The molecule has 2 aromatic rings. The van der Waals surface area contributed by atoms with Crippen LogP contribution in [0, 0.1) is 11.8 Å². The molecule has 0 spiro atoms. The van der Waals surface area contributed by atoms with Crippen LogP contribution in [0.2, 0.25) is 0 Å². The first-order valence-corrected chi connectivity index (χ1v) is 7.22. The summed E-state index contributed by atoms with van der Waals surface area (Å²) >= 11 is 0. The van der Waals surface area contributed by atoms with Gasteiger partial charge >= 0.3 is 0 Å². The van der Waals surface area contributed by atoms with Crippen LogP contribution < -0.4 is 0 Å². The van der Waals surface area contributed by atoms with Crippen molar-refractivity contribution < 1.29 is 9.59 Å². The minimum absolute atomic E-state index is 0.112. The summed E-state index contributed by atoms with van der Waals surface area (Å²) in [6, 6.07) is 12.1. The maximum Gasteiger partial charge on any atom is 0.194 e. The fourth-order valence-corrected chi connectivity index (χ4v) is 2.72. The van der Waals surface area contributed by atoms with Gasteiger partial charge in [0, 0.05) is 27.8 Å². The summed E-state index contributed by atoms with van der Waals surface area (Å²) in [4.78, 5) is 25.1. The number of carbonyl (C=O) groups excluding carboxylic acids is 2. The van der Waals surface area contributed by atoms with Crippen molar-refractivity contribution in [3.63, 3.8) is 0 Å². The molecule has 0 heterocycles. The first-order valence-electron chi connectivity index (χ1n) is 7.22. The van der Waals surface area contributed by atoms with Gasteiger partial charge in [0.15, 0.2) is 11.6 Å². The zero-order chi connectivity index (χ0) is 15.8. The standard InChI is InChI=1S/C21H10O2/c22-20-16-7-3-4-8-17(16)21(23)19-13-15(11-12-18(19)20)10-9-14-5-1-2-6-14/h1-5,7-8,11-13H. The van der Waals surface area contributed by atoms with Gasteiger partial charge in [-0.2, -0.15) is 0 Å². The van der Waals surface area contributed by atoms with Gasteiger partial charge in [-0.1, -0.05) is 42.2 Å². The number of benzene rings is 2. The second kappa shape index (κ2) is 5.10. The Labute approximate surface area is 133 Å². The zero-order valence-electron chi connectivity index (χ0n) is 12.1. The molecule has 0 atom stereocenters. The zero-order valence-corrected chi connectivity index (χ0v) is 12.1. The highest BCUT2D eigenvalue weighted by Crippen LogP contribution is 2.27. The molecule has 0 aliphatic heterocycles.